The number of primary amides is 1. The molecule has 0 bridgehead atoms. The Morgan fingerprint density at radius 1 is 1.11 bits per heavy atom. The molecule has 0 atom stereocenters. The van der Waals surface area contributed by atoms with E-state index in [1.54, 1.807) is 28.8 Å². The van der Waals surface area contributed by atoms with Crippen LogP contribution in [0.5, 0.6) is 0 Å². The summed E-state index contributed by atoms with van der Waals surface area (Å²) < 4.78 is 1.72. The first-order valence-electron chi connectivity index (χ1n) is 11.4. The van der Waals surface area contributed by atoms with Gasteiger partial charge in [0, 0.05) is 23.8 Å². The van der Waals surface area contributed by atoms with E-state index < -0.39 is 17.2 Å². The fourth-order valence-electron chi connectivity index (χ4n) is 4.42. The molecule has 1 aliphatic rings. The minimum absolute atomic E-state index is 0.0841. The first-order chi connectivity index (χ1) is 17.4. The van der Waals surface area contributed by atoms with Gasteiger partial charge in [0.1, 0.15) is 5.56 Å². The average Bonchev–Trinajstić information content (AvgIpc) is 3.33. The van der Waals surface area contributed by atoms with Gasteiger partial charge in [-0.3, -0.25) is 19.2 Å². The molecule has 4 aromatic rings. The second kappa shape index (κ2) is 9.59. The lowest BCUT2D eigenvalue weighted by Gasteiger charge is -2.15. The molecule has 2 amide bonds. The van der Waals surface area contributed by atoms with E-state index in [-0.39, 0.29) is 23.3 Å². The molecule has 2 aromatic heterocycles. The normalized spacial score (nSPS) is 12.4. The number of amides is 2. The fourth-order valence-corrected chi connectivity index (χ4v) is 4.42. The van der Waals surface area contributed by atoms with Gasteiger partial charge in [0.05, 0.1) is 18.9 Å². The van der Waals surface area contributed by atoms with E-state index in [9.17, 15) is 14.4 Å². The number of rotatable bonds is 7. The van der Waals surface area contributed by atoms with Crippen molar-refractivity contribution in [1.82, 2.24) is 20.0 Å². The molecule has 182 valence electrons. The van der Waals surface area contributed by atoms with Crippen LogP contribution in [-0.4, -0.2) is 33.5 Å². The molecule has 0 saturated heterocycles. The number of hydrogen-bond donors (Lipinski definition) is 3. The molecule has 2 heterocycles. The van der Waals surface area contributed by atoms with Crippen molar-refractivity contribution in [2.75, 3.05) is 12.4 Å². The van der Waals surface area contributed by atoms with E-state index >= 15 is 0 Å². The lowest BCUT2D eigenvalue weighted by molar-refractivity contribution is -0.117. The summed E-state index contributed by atoms with van der Waals surface area (Å²) in [6.07, 6.45) is 6.15. The molecule has 10 heteroatoms. The number of fused-ring (bicyclic) bond motifs is 2. The van der Waals surface area contributed by atoms with Crippen LogP contribution in [0.4, 0.5) is 11.6 Å². The van der Waals surface area contributed by atoms with Gasteiger partial charge < -0.3 is 15.6 Å². The molecule has 2 aromatic carbocycles. The minimum Gasteiger partial charge on any atom is -0.369 e. The number of anilines is 2. The Morgan fingerprint density at radius 3 is 2.64 bits per heavy atom. The fraction of sp³-hybridized carbons (Fsp3) is 0.192. The van der Waals surface area contributed by atoms with Gasteiger partial charge in [0.2, 0.25) is 17.3 Å². The molecule has 1 aliphatic carbocycles. The number of nitrogens with two attached hydrogens (primary N) is 1. The maximum absolute atomic E-state index is 13.1. The van der Waals surface area contributed by atoms with Crippen LogP contribution in [0.1, 0.15) is 33.5 Å². The van der Waals surface area contributed by atoms with Crippen molar-refractivity contribution < 1.29 is 14.4 Å². The van der Waals surface area contributed by atoms with Gasteiger partial charge in [0.25, 0.3) is 5.91 Å². The summed E-state index contributed by atoms with van der Waals surface area (Å²) in [5.74, 6) is -0.789. The van der Waals surface area contributed by atoms with Crippen molar-refractivity contribution in [2.24, 2.45) is 5.73 Å². The van der Waals surface area contributed by atoms with Crippen LogP contribution in [-0.2, 0) is 28.9 Å². The Kier molecular flexibility index (Phi) is 6.17. The van der Waals surface area contributed by atoms with Crippen molar-refractivity contribution in [2.45, 2.75) is 25.7 Å². The van der Waals surface area contributed by atoms with Crippen LogP contribution in [0.15, 0.2) is 59.7 Å². The first-order valence-corrected chi connectivity index (χ1v) is 11.4. The minimum atomic E-state index is -0.655. The smallest absolute Gasteiger partial charge is 0.280 e. The number of aryl methyl sites for hydroxylation is 2. The van der Waals surface area contributed by atoms with E-state index in [2.05, 4.69) is 32.9 Å². The molecule has 0 radical (unpaired) electrons. The third kappa shape index (κ3) is 4.53. The van der Waals surface area contributed by atoms with Crippen LogP contribution in [0.25, 0.3) is 16.7 Å². The number of aromatic nitrogens is 3. The van der Waals surface area contributed by atoms with E-state index in [0.29, 0.717) is 11.3 Å². The van der Waals surface area contributed by atoms with Crippen LogP contribution >= 0.6 is 0 Å². The van der Waals surface area contributed by atoms with Crippen LogP contribution in [0.3, 0.4) is 0 Å². The van der Waals surface area contributed by atoms with Gasteiger partial charge in [-0.15, -0.1) is 0 Å². The highest BCUT2D eigenvalue weighted by Crippen LogP contribution is 2.26. The first kappa shape index (κ1) is 23.2. The maximum atomic E-state index is 13.1. The molecule has 0 spiro atoms. The number of hydrogen-bond acceptors (Lipinski definition) is 7. The predicted octanol–water partition coefficient (Wildman–Crippen LogP) is 2.33. The Balaban J connectivity index is 1.60. The zero-order valence-corrected chi connectivity index (χ0v) is 19.6. The average molecular weight is 485 g/mol. The number of hydroxylamine groups is 1. The molecule has 0 aliphatic heterocycles. The summed E-state index contributed by atoms with van der Waals surface area (Å²) in [5, 5.41) is 3.32. The van der Waals surface area contributed by atoms with Gasteiger partial charge in [-0.25, -0.2) is 10.5 Å². The highest BCUT2D eigenvalue weighted by Gasteiger charge is 2.19. The maximum Gasteiger partial charge on any atom is 0.280 e. The lowest BCUT2D eigenvalue weighted by Crippen LogP contribution is -2.29. The molecular weight excluding hydrogens is 460 g/mol. The Hall–Kier alpha value is -4.57. The highest BCUT2D eigenvalue weighted by molar-refractivity contribution is 5.96. The van der Waals surface area contributed by atoms with Crippen molar-refractivity contribution >= 4 is 34.5 Å². The monoisotopic (exact) mass is 484 g/mol. The summed E-state index contributed by atoms with van der Waals surface area (Å²) in [7, 11) is 1.31. The molecule has 0 fully saturated rings. The van der Waals surface area contributed by atoms with Crippen molar-refractivity contribution in [1.29, 1.82) is 0 Å². The van der Waals surface area contributed by atoms with E-state index in [0.717, 1.165) is 30.5 Å². The third-order valence-electron chi connectivity index (χ3n) is 6.13. The molecule has 0 unspecified atom stereocenters. The Labute approximate surface area is 206 Å². The summed E-state index contributed by atoms with van der Waals surface area (Å²) >= 11 is 0. The van der Waals surface area contributed by atoms with Crippen LogP contribution < -0.4 is 22.0 Å². The number of pyridine rings is 1. The number of nitrogens with one attached hydrogen (secondary N) is 2. The summed E-state index contributed by atoms with van der Waals surface area (Å²) in [6, 6.07) is 13.2. The summed E-state index contributed by atoms with van der Waals surface area (Å²) in [4.78, 5) is 50.5. The topological polar surface area (TPSA) is 141 Å². The number of carbonyl (C=O) groups excluding carboxylic acids is 2. The van der Waals surface area contributed by atoms with E-state index in [1.807, 2.05) is 6.07 Å². The summed E-state index contributed by atoms with van der Waals surface area (Å²) in [6.45, 7) is 0. The molecule has 5 rings (SSSR count). The second-order valence-corrected chi connectivity index (χ2v) is 8.58. The SMILES string of the molecule is CONC(=O)c1cn(-c2ccc3c(c2)CCC3)c2nc(Nc3ccc(CC(N)=O)cc3)ncc2c1=O. The molecule has 0 saturated carbocycles. The number of carbonyl (C=O) groups is 2. The molecule has 36 heavy (non-hydrogen) atoms. The molecule has 10 nitrogen and oxygen atoms in total. The highest BCUT2D eigenvalue weighted by atomic mass is 16.6. The van der Waals surface area contributed by atoms with Crippen molar-refractivity contribution in [3.63, 3.8) is 0 Å². The zero-order chi connectivity index (χ0) is 25.2. The largest absolute Gasteiger partial charge is 0.369 e. The van der Waals surface area contributed by atoms with Gasteiger partial charge in [0.15, 0.2) is 5.65 Å². The number of nitrogens with zero attached hydrogens (tertiary/aromatic N) is 3. The molecule has 4 N–H and O–H groups in total. The summed E-state index contributed by atoms with van der Waals surface area (Å²) in [5.41, 5.74) is 12.1. The Bertz CT molecular complexity index is 1550. The van der Waals surface area contributed by atoms with Gasteiger partial charge in [-0.05, 0) is 60.2 Å². The van der Waals surface area contributed by atoms with Gasteiger partial charge >= 0.3 is 0 Å². The van der Waals surface area contributed by atoms with Crippen LogP contribution in [0.2, 0.25) is 0 Å². The predicted molar refractivity (Wildman–Crippen MR) is 134 cm³/mol. The van der Waals surface area contributed by atoms with E-state index in [4.69, 9.17) is 10.6 Å². The van der Waals surface area contributed by atoms with Crippen LogP contribution in [0, 0.1) is 0 Å². The van der Waals surface area contributed by atoms with Crippen molar-refractivity contribution in [3.05, 3.63) is 87.3 Å². The zero-order valence-electron chi connectivity index (χ0n) is 19.6. The standard InChI is InChI=1S/C26H24N6O4/c1-36-31-25(35)21-14-32(19-10-7-16-3-2-4-17(16)12-19)24-20(23(21)34)13-28-26(30-24)29-18-8-5-15(6-9-18)11-22(27)33/h5-10,12-14H,2-4,11H2,1H3,(H2,27,33)(H,31,35)(H,28,29,30). The third-order valence-corrected chi connectivity index (χ3v) is 6.13. The second-order valence-electron chi connectivity index (χ2n) is 8.58. The molecular formula is C26H24N6O4. The van der Waals surface area contributed by atoms with Gasteiger partial charge in [-0.2, -0.15) is 4.98 Å². The quantitative estimate of drug-likeness (QED) is 0.342. The Morgan fingerprint density at radius 2 is 1.89 bits per heavy atom. The van der Waals surface area contributed by atoms with Gasteiger partial charge in [-0.1, -0.05) is 18.2 Å². The number of benzene rings is 2. The van der Waals surface area contributed by atoms with Crippen molar-refractivity contribution in [3.8, 4) is 5.69 Å². The lowest BCUT2D eigenvalue weighted by atomic mass is 10.1. The van der Waals surface area contributed by atoms with E-state index in [1.165, 1.54) is 30.6 Å².